The first-order valence-corrected chi connectivity index (χ1v) is 7.78. The first kappa shape index (κ1) is 13.7. The van der Waals surface area contributed by atoms with Gasteiger partial charge >= 0.3 is 0 Å². The number of rotatable bonds is 2. The van der Waals surface area contributed by atoms with E-state index in [0.29, 0.717) is 0 Å². The van der Waals surface area contributed by atoms with Gasteiger partial charge in [-0.1, -0.05) is 25.8 Å². The zero-order valence-corrected chi connectivity index (χ0v) is 12.5. The Morgan fingerprint density at radius 3 is 3.00 bits per heavy atom. The molecule has 3 rings (SSSR count). The molecule has 1 spiro atoms. The molecule has 0 radical (unpaired) electrons. The zero-order chi connectivity index (χ0) is 14.2. The predicted molar refractivity (Wildman–Crippen MR) is 80.1 cm³/mol. The second-order valence-electron chi connectivity index (χ2n) is 6.37. The monoisotopic (exact) mass is 275 g/mol. The summed E-state index contributed by atoms with van der Waals surface area (Å²) in [6, 6.07) is 6.09. The predicted octanol–water partition coefficient (Wildman–Crippen LogP) is 3.82. The molecule has 2 aliphatic rings. The van der Waals surface area contributed by atoms with Gasteiger partial charge in [-0.25, -0.2) is 0 Å². The van der Waals surface area contributed by atoms with Gasteiger partial charge in [-0.3, -0.25) is 0 Å². The van der Waals surface area contributed by atoms with Gasteiger partial charge in [-0.2, -0.15) is 0 Å². The van der Waals surface area contributed by atoms with E-state index in [0.717, 1.165) is 42.2 Å². The van der Waals surface area contributed by atoms with Crippen molar-refractivity contribution >= 4 is 0 Å². The average molecular weight is 275 g/mol. The fraction of sp³-hybridized carbons (Fsp3) is 0.647. The summed E-state index contributed by atoms with van der Waals surface area (Å²) in [4.78, 5) is 0. The Hall–Kier alpha value is -1.22. The van der Waals surface area contributed by atoms with E-state index in [9.17, 15) is 0 Å². The molecule has 0 aromatic heterocycles. The summed E-state index contributed by atoms with van der Waals surface area (Å²) in [6.07, 6.45) is 7.06. The number of hydrogen-bond donors (Lipinski definition) is 1. The highest BCUT2D eigenvalue weighted by Crippen LogP contribution is 2.47. The fourth-order valence-electron chi connectivity index (χ4n) is 3.89. The number of nitrogens with two attached hydrogens (primary N) is 1. The highest BCUT2D eigenvalue weighted by atomic mass is 16.5. The number of fused-ring (bicyclic) bond motifs is 1. The molecule has 3 atom stereocenters. The number of methoxy groups -OCH3 is 1. The van der Waals surface area contributed by atoms with Crippen LogP contribution in [0.5, 0.6) is 11.5 Å². The second-order valence-corrected chi connectivity index (χ2v) is 6.37. The third-order valence-electron chi connectivity index (χ3n) is 5.02. The lowest BCUT2D eigenvalue weighted by atomic mass is 9.72. The van der Waals surface area contributed by atoms with Crippen LogP contribution in [0.15, 0.2) is 18.2 Å². The minimum atomic E-state index is -0.0439. The second kappa shape index (κ2) is 5.28. The molecule has 1 aromatic rings. The van der Waals surface area contributed by atoms with Crippen molar-refractivity contribution in [1.82, 2.24) is 0 Å². The third kappa shape index (κ3) is 2.39. The Labute approximate surface area is 121 Å². The van der Waals surface area contributed by atoms with Crippen LogP contribution in [-0.4, -0.2) is 12.7 Å². The van der Waals surface area contributed by atoms with Gasteiger partial charge in [0.1, 0.15) is 17.1 Å². The van der Waals surface area contributed by atoms with Crippen LogP contribution in [0.4, 0.5) is 0 Å². The van der Waals surface area contributed by atoms with E-state index in [4.69, 9.17) is 15.2 Å². The first-order valence-electron chi connectivity index (χ1n) is 7.78. The van der Waals surface area contributed by atoms with Crippen LogP contribution in [0, 0.1) is 5.92 Å². The summed E-state index contributed by atoms with van der Waals surface area (Å²) in [5.41, 5.74) is 7.49. The van der Waals surface area contributed by atoms with E-state index in [-0.39, 0.29) is 11.6 Å². The van der Waals surface area contributed by atoms with Crippen molar-refractivity contribution in [3.8, 4) is 11.5 Å². The maximum atomic E-state index is 6.45. The van der Waals surface area contributed by atoms with Gasteiger partial charge in [-0.05, 0) is 31.2 Å². The molecule has 1 aliphatic carbocycles. The molecule has 0 saturated heterocycles. The lowest BCUT2D eigenvalue weighted by Crippen LogP contribution is -2.46. The molecule has 3 nitrogen and oxygen atoms in total. The van der Waals surface area contributed by atoms with Gasteiger partial charge in [-0.15, -0.1) is 0 Å². The number of ether oxygens (including phenoxy) is 2. The number of hydrogen-bond acceptors (Lipinski definition) is 3. The topological polar surface area (TPSA) is 44.5 Å². The van der Waals surface area contributed by atoms with Crippen molar-refractivity contribution in [2.45, 2.75) is 57.1 Å². The highest BCUT2D eigenvalue weighted by Gasteiger charge is 2.43. The molecule has 1 aromatic carbocycles. The molecular weight excluding hydrogens is 250 g/mol. The highest BCUT2D eigenvalue weighted by molar-refractivity contribution is 5.44. The van der Waals surface area contributed by atoms with Crippen LogP contribution in [0.2, 0.25) is 0 Å². The molecule has 0 bridgehead atoms. The summed E-state index contributed by atoms with van der Waals surface area (Å²) < 4.78 is 11.8. The van der Waals surface area contributed by atoms with Crippen LogP contribution < -0.4 is 15.2 Å². The van der Waals surface area contributed by atoms with Gasteiger partial charge < -0.3 is 15.2 Å². The average Bonchev–Trinajstić information content (AvgIpc) is 2.46. The molecule has 110 valence electrons. The molecule has 1 fully saturated rings. The smallest absolute Gasteiger partial charge is 0.128 e. The van der Waals surface area contributed by atoms with E-state index in [1.807, 2.05) is 18.2 Å². The van der Waals surface area contributed by atoms with Crippen LogP contribution in [0.3, 0.4) is 0 Å². The molecule has 2 unspecified atom stereocenters. The van der Waals surface area contributed by atoms with Crippen LogP contribution in [0.25, 0.3) is 0 Å². The van der Waals surface area contributed by atoms with Crippen molar-refractivity contribution in [3.63, 3.8) is 0 Å². The van der Waals surface area contributed by atoms with Gasteiger partial charge in [0.25, 0.3) is 0 Å². The van der Waals surface area contributed by atoms with Gasteiger partial charge in [0.05, 0.1) is 7.11 Å². The molecule has 1 heterocycles. The minimum Gasteiger partial charge on any atom is -0.497 e. The lowest BCUT2D eigenvalue weighted by molar-refractivity contribution is -0.0177. The maximum absolute atomic E-state index is 6.45. The van der Waals surface area contributed by atoms with E-state index in [1.165, 1.54) is 19.3 Å². The molecular formula is C17H25NO2. The largest absolute Gasteiger partial charge is 0.497 e. The van der Waals surface area contributed by atoms with Crippen LogP contribution in [-0.2, 0) is 0 Å². The number of benzene rings is 1. The molecule has 2 N–H and O–H groups in total. The van der Waals surface area contributed by atoms with Crippen molar-refractivity contribution in [2.75, 3.05) is 7.11 Å². The molecule has 0 amide bonds. The van der Waals surface area contributed by atoms with E-state index < -0.39 is 0 Å². The Morgan fingerprint density at radius 2 is 2.25 bits per heavy atom. The third-order valence-corrected chi connectivity index (χ3v) is 5.02. The Bertz CT molecular complexity index is 488. The van der Waals surface area contributed by atoms with Crippen molar-refractivity contribution in [3.05, 3.63) is 23.8 Å². The zero-order valence-electron chi connectivity index (χ0n) is 12.5. The van der Waals surface area contributed by atoms with Gasteiger partial charge in [0, 0.05) is 24.1 Å². The van der Waals surface area contributed by atoms with E-state index >= 15 is 0 Å². The molecule has 20 heavy (non-hydrogen) atoms. The van der Waals surface area contributed by atoms with Crippen LogP contribution in [0.1, 0.15) is 57.1 Å². The van der Waals surface area contributed by atoms with E-state index in [2.05, 4.69) is 6.92 Å². The van der Waals surface area contributed by atoms with Crippen molar-refractivity contribution in [2.24, 2.45) is 11.7 Å². The Balaban J connectivity index is 1.90. The maximum Gasteiger partial charge on any atom is 0.128 e. The van der Waals surface area contributed by atoms with Gasteiger partial charge in [0.2, 0.25) is 0 Å². The van der Waals surface area contributed by atoms with Gasteiger partial charge in [0.15, 0.2) is 0 Å². The Kier molecular flexibility index (Phi) is 3.63. The molecule has 1 saturated carbocycles. The summed E-state index contributed by atoms with van der Waals surface area (Å²) in [7, 11) is 1.69. The van der Waals surface area contributed by atoms with E-state index in [1.54, 1.807) is 7.11 Å². The Morgan fingerprint density at radius 1 is 1.40 bits per heavy atom. The lowest BCUT2D eigenvalue weighted by Gasteiger charge is -2.46. The summed E-state index contributed by atoms with van der Waals surface area (Å²) in [5.74, 6) is 2.55. The first-order chi connectivity index (χ1) is 9.65. The molecule has 1 aliphatic heterocycles. The van der Waals surface area contributed by atoms with Crippen LogP contribution >= 0.6 is 0 Å². The quantitative estimate of drug-likeness (QED) is 0.892. The fourth-order valence-corrected chi connectivity index (χ4v) is 3.89. The summed E-state index contributed by atoms with van der Waals surface area (Å²) in [6.45, 7) is 2.28. The standard InChI is InChI=1S/C17H25NO2/c1-3-12-5-4-8-17(10-12)11-15(18)14-7-6-13(19-2)9-16(14)20-17/h6-7,9,12,15H,3-5,8,10-11,18H2,1-2H3/t12?,15-,17?/m1/s1. The summed E-state index contributed by atoms with van der Waals surface area (Å²) in [5, 5.41) is 0. The minimum absolute atomic E-state index is 0.0439. The SMILES string of the molecule is CCC1CCCC2(C1)C[C@@H](N)c1ccc(OC)cc1O2. The summed E-state index contributed by atoms with van der Waals surface area (Å²) >= 11 is 0. The molecule has 3 heteroatoms. The van der Waals surface area contributed by atoms with Crippen molar-refractivity contribution < 1.29 is 9.47 Å². The van der Waals surface area contributed by atoms with Crippen molar-refractivity contribution in [1.29, 1.82) is 0 Å². The normalized spacial score (nSPS) is 32.5.